The van der Waals surface area contributed by atoms with Crippen LogP contribution in [-0.2, 0) is 0 Å². The van der Waals surface area contributed by atoms with Gasteiger partial charge in [0.2, 0.25) is 0 Å². The van der Waals surface area contributed by atoms with Gasteiger partial charge in [-0.3, -0.25) is 4.90 Å². The molecule has 0 saturated heterocycles. The molecule has 0 fully saturated rings. The number of hydrogen-bond donors (Lipinski definition) is 0. The summed E-state index contributed by atoms with van der Waals surface area (Å²) in [6, 6.07) is 9.94. The van der Waals surface area contributed by atoms with Crippen LogP contribution in [0.5, 0.6) is 5.75 Å². The summed E-state index contributed by atoms with van der Waals surface area (Å²) in [6.45, 7) is 4.32. The van der Waals surface area contributed by atoms with Crippen LogP contribution in [0.3, 0.4) is 0 Å². The monoisotopic (exact) mass is 193 g/mol. The first-order valence-electron chi connectivity index (χ1n) is 4.99. The molecule has 0 aromatic heterocycles. The average Bonchev–Trinajstić information content (AvgIpc) is 2.15. The van der Waals surface area contributed by atoms with Gasteiger partial charge in [0.05, 0.1) is 0 Å². The second kappa shape index (κ2) is 5.01. The van der Waals surface area contributed by atoms with Gasteiger partial charge in [0.15, 0.2) is 6.23 Å². The Labute approximate surface area is 86.5 Å². The Morgan fingerprint density at radius 3 is 2.07 bits per heavy atom. The number of hydrogen-bond acceptors (Lipinski definition) is 2. The van der Waals surface area contributed by atoms with Gasteiger partial charge in [-0.15, -0.1) is 0 Å². The summed E-state index contributed by atoms with van der Waals surface area (Å²) in [6.07, 6.45) is 0.136. The number of para-hydroxylation sites is 1. The highest BCUT2D eigenvalue weighted by atomic mass is 16.5. The van der Waals surface area contributed by atoms with Gasteiger partial charge in [0, 0.05) is 5.92 Å². The van der Waals surface area contributed by atoms with E-state index in [0.717, 1.165) is 5.75 Å². The van der Waals surface area contributed by atoms with Crippen LogP contribution in [0, 0.1) is 5.92 Å². The van der Waals surface area contributed by atoms with Gasteiger partial charge < -0.3 is 4.74 Å². The molecule has 1 atom stereocenters. The molecule has 78 valence electrons. The minimum absolute atomic E-state index is 0.136. The Hall–Kier alpha value is -1.02. The fourth-order valence-corrected chi connectivity index (χ4v) is 1.48. The van der Waals surface area contributed by atoms with E-state index in [4.69, 9.17) is 4.74 Å². The maximum Gasteiger partial charge on any atom is 0.154 e. The van der Waals surface area contributed by atoms with Gasteiger partial charge >= 0.3 is 0 Å². The average molecular weight is 193 g/mol. The van der Waals surface area contributed by atoms with Gasteiger partial charge in [0.25, 0.3) is 0 Å². The lowest BCUT2D eigenvalue weighted by atomic mass is 10.2. The lowest BCUT2D eigenvalue weighted by molar-refractivity contribution is 0.0253. The molecule has 0 N–H and O–H groups in total. The molecule has 14 heavy (non-hydrogen) atoms. The molecule has 0 radical (unpaired) electrons. The SMILES string of the molecule is CC(C)C(Oc1ccccc1)N(C)C. The number of nitrogens with zero attached hydrogens (tertiary/aromatic N) is 1. The third kappa shape index (κ3) is 3.04. The van der Waals surface area contributed by atoms with Crippen molar-refractivity contribution in [2.24, 2.45) is 5.92 Å². The van der Waals surface area contributed by atoms with Gasteiger partial charge in [-0.25, -0.2) is 0 Å². The van der Waals surface area contributed by atoms with Crippen LogP contribution in [0.4, 0.5) is 0 Å². The minimum Gasteiger partial charge on any atom is -0.475 e. The summed E-state index contributed by atoms with van der Waals surface area (Å²) in [7, 11) is 4.07. The molecule has 0 bridgehead atoms. The zero-order valence-electron chi connectivity index (χ0n) is 9.40. The maximum absolute atomic E-state index is 5.86. The molecule has 0 amide bonds. The topological polar surface area (TPSA) is 12.5 Å². The van der Waals surface area contributed by atoms with Crippen molar-refractivity contribution < 1.29 is 4.74 Å². The fraction of sp³-hybridized carbons (Fsp3) is 0.500. The van der Waals surface area contributed by atoms with Crippen LogP contribution in [0.1, 0.15) is 13.8 Å². The van der Waals surface area contributed by atoms with E-state index in [1.165, 1.54) is 0 Å². The summed E-state index contributed by atoms with van der Waals surface area (Å²) >= 11 is 0. The van der Waals surface area contributed by atoms with Crippen molar-refractivity contribution in [2.45, 2.75) is 20.1 Å². The van der Waals surface area contributed by atoms with Crippen molar-refractivity contribution in [3.05, 3.63) is 30.3 Å². The van der Waals surface area contributed by atoms with E-state index in [-0.39, 0.29) is 6.23 Å². The van der Waals surface area contributed by atoms with Crippen molar-refractivity contribution in [2.75, 3.05) is 14.1 Å². The van der Waals surface area contributed by atoms with E-state index in [1.54, 1.807) is 0 Å². The molecule has 1 rings (SSSR count). The van der Waals surface area contributed by atoms with Crippen LogP contribution >= 0.6 is 0 Å². The summed E-state index contributed by atoms with van der Waals surface area (Å²) in [5.74, 6) is 1.41. The molecule has 1 unspecified atom stereocenters. The number of rotatable bonds is 4. The smallest absolute Gasteiger partial charge is 0.154 e. The second-order valence-electron chi connectivity index (χ2n) is 4.03. The second-order valence-corrected chi connectivity index (χ2v) is 4.03. The van der Waals surface area contributed by atoms with Crippen LogP contribution in [-0.4, -0.2) is 25.2 Å². The Balaban J connectivity index is 2.65. The molecule has 0 aliphatic rings. The first-order chi connectivity index (χ1) is 6.61. The predicted molar refractivity (Wildman–Crippen MR) is 59.4 cm³/mol. The van der Waals surface area contributed by atoms with E-state index in [2.05, 4.69) is 18.7 Å². The van der Waals surface area contributed by atoms with Crippen molar-refractivity contribution in [1.82, 2.24) is 4.90 Å². The minimum atomic E-state index is 0.136. The third-order valence-corrected chi connectivity index (χ3v) is 2.08. The molecule has 0 spiro atoms. The molecule has 0 aliphatic heterocycles. The van der Waals surface area contributed by atoms with Gasteiger partial charge in [-0.2, -0.15) is 0 Å². The predicted octanol–water partition coefficient (Wildman–Crippen LogP) is 2.61. The van der Waals surface area contributed by atoms with Crippen LogP contribution in [0.15, 0.2) is 30.3 Å². The molecule has 0 aliphatic carbocycles. The van der Waals surface area contributed by atoms with Crippen LogP contribution < -0.4 is 4.74 Å². The molecule has 0 saturated carbocycles. The molecule has 1 aromatic rings. The zero-order valence-corrected chi connectivity index (χ0v) is 9.40. The van der Waals surface area contributed by atoms with Crippen molar-refractivity contribution in [3.63, 3.8) is 0 Å². The van der Waals surface area contributed by atoms with Gasteiger partial charge in [-0.1, -0.05) is 32.0 Å². The Morgan fingerprint density at radius 2 is 1.64 bits per heavy atom. The van der Waals surface area contributed by atoms with Crippen molar-refractivity contribution in [1.29, 1.82) is 0 Å². The summed E-state index contributed by atoms with van der Waals surface area (Å²) < 4.78 is 5.86. The van der Waals surface area contributed by atoms with E-state index < -0.39 is 0 Å². The lowest BCUT2D eigenvalue weighted by Crippen LogP contribution is -2.37. The van der Waals surface area contributed by atoms with Gasteiger partial charge in [0.1, 0.15) is 5.75 Å². The van der Waals surface area contributed by atoms with E-state index in [0.29, 0.717) is 5.92 Å². The maximum atomic E-state index is 5.86. The fourth-order valence-electron chi connectivity index (χ4n) is 1.48. The van der Waals surface area contributed by atoms with Crippen molar-refractivity contribution in [3.8, 4) is 5.75 Å². The molecular formula is C12H19NO. The number of benzene rings is 1. The van der Waals surface area contributed by atoms with Gasteiger partial charge in [-0.05, 0) is 26.2 Å². The molecule has 1 aromatic carbocycles. The van der Waals surface area contributed by atoms with Crippen LogP contribution in [0.25, 0.3) is 0 Å². The van der Waals surface area contributed by atoms with Crippen molar-refractivity contribution >= 4 is 0 Å². The zero-order chi connectivity index (χ0) is 10.6. The normalized spacial score (nSPS) is 13.3. The first kappa shape index (κ1) is 11.1. The van der Waals surface area contributed by atoms with E-state index >= 15 is 0 Å². The number of ether oxygens (including phenoxy) is 1. The summed E-state index contributed by atoms with van der Waals surface area (Å²) in [5.41, 5.74) is 0. The Bertz CT molecular complexity index is 248. The molecule has 2 nitrogen and oxygen atoms in total. The summed E-state index contributed by atoms with van der Waals surface area (Å²) in [4.78, 5) is 2.09. The largest absolute Gasteiger partial charge is 0.475 e. The van der Waals surface area contributed by atoms with E-state index in [1.807, 2.05) is 44.4 Å². The van der Waals surface area contributed by atoms with Crippen LogP contribution in [0.2, 0.25) is 0 Å². The molecule has 0 heterocycles. The molecule has 2 heteroatoms. The lowest BCUT2D eigenvalue weighted by Gasteiger charge is -2.28. The summed E-state index contributed by atoms with van der Waals surface area (Å²) in [5, 5.41) is 0. The molecular weight excluding hydrogens is 174 g/mol. The highest BCUT2D eigenvalue weighted by Gasteiger charge is 2.16. The highest BCUT2D eigenvalue weighted by Crippen LogP contribution is 2.16. The third-order valence-electron chi connectivity index (χ3n) is 2.08. The highest BCUT2D eigenvalue weighted by molar-refractivity contribution is 5.21. The Morgan fingerprint density at radius 1 is 1.07 bits per heavy atom. The first-order valence-corrected chi connectivity index (χ1v) is 4.99. The van der Waals surface area contributed by atoms with E-state index in [9.17, 15) is 0 Å². The standard InChI is InChI=1S/C12H19NO/c1-10(2)12(13(3)4)14-11-8-6-5-7-9-11/h5-10,12H,1-4H3. The Kier molecular flexibility index (Phi) is 3.96. The quantitative estimate of drug-likeness (QED) is 0.681.